The Labute approximate surface area is 231 Å². The summed E-state index contributed by atoms with van der Waals surface area (Å²) in [5, 5.41) is 0. The maximum absolute atomic E-state index is 2.64. The molecule has 0 amide bonds. The van der Waals surface area contributed by atoms with Gasteiger partial charge in [-0.25, -0.2) is 0 Å². The van der Waals surface area contributed by atoms with Crippen molar-refractivity contribution in [3.63, 3.8) is 0 Å². The molecule has 4 fully saturated rings. The summed E-state index contributed by atoms with van der Waals surface area (Å²) in [6, 6.07) is 18.7. The van der Waals surface area contributed by atoms with E-state index in [-0.39, 0.29) is 24.8 Å². The Morgan fingerprint density at radius 3 is 1.74 bits per heavy atom. The molecular weight excluding hydrogens is 546 g/mol. The van der Waals surface area contributed by atoms with Gasteiger partial charge >= 0.3 is 208 Å². The van der Waals surface area contributed by atoms with Crippen molar-refractivity contribution in [1.82, 2.24) is 0 Å². The number of rotatable bonds is 3. The van der Waals surface area contributed by atoms with Gasteiger partial charge in [-0.2, -0.15) is 0 Å². The number of fused-ring (bicyclic) bond motifs is 3. The van der Waals surface area contributed by atoms with E-state index in [0.717, 1.165) is 17.8 Å². The van der Waals surface area contributed by atoms with E-state index in [0.29, 0.717) is 9.04 Å². The summed E-state index contributed by atoms with van der Waals surface area (Å²) in [5.74, 6) is 3.06. The summed E-state index contributed by atoms with van der Waals surface area (Å²) in [6.07, 6.45) is 13.0. The van der Waals surface area contributed by atoms with E-state index >= 15 is 0 Å². The Balaban J connectivity index is 0.00000127. The van der Waals surface area contributed by atoms with Crippen molar-refractivity contribution in [3.8, 4) is 11.1 Å². The monoisotopic (exact) mass is 580 g/mol. The van der Waals surface area contributed by atoms with Crippen LogP contribution in [0.25, 0.3) is 11.1 Å². The average molecular weight is 583 g/mol. The molecule has 6 aliphatic rings. The third-order valence-corrected chi connectivity index (χ3v) is 18.2. The van der Waals surface area contributed by atoms with E-state index in [9.17, 15) is 0 Å². The van der Waals surface area contributed by atoms with Crippen LogP contribution in [0.2, 0.25) is 0 Å². The molecule has 4 bridgehead atoms. The second kappa shape index (κ2) is 9.53. The molecule has 35 heavy (non-hydrogen) atoms. The molecule has 3 heteroatoms. The van der Waals surface area contributed by atoms with Crippen LogP contribution < -0.4 is 24.8 Å². The minimum atomic E-state index is -2.15. The van der Waals surface area contributed by atoms with Crippen molar-refractivity contribution in [2.45, 2.75) is 69.3 Å². The number of halogens is 2. The quantitative estimate of drug-likeness (QED) is 0.522. The van der Waals surface area contributed by atoms with E-state index in [1.54, 1.807) is 19.9 Å². The van der Waals surface area contributed by atoms with Gasteiger partial charge in [0.2, 0.25) is 0 Å². The Hall–Kier alpha value is -0.747. The number of allylic oxidation sites excluding steroid dienone is 4. The first-order valence-corrected chi connectivity index (χ1v) is 17.2. The minimum absolute atomic E-state index is 0. The second-order valence-electron chi connectivity index (χ2n) is 12.2. The molecule has 4 saturated carbocycles. The van der Waals surface area contributed by atoms with Gasteiger partial charge in [-0.1, -0.05) is 0 Å². The number of hydrogen-bond donors (Lipinski definition) is 0. The Morgan fingerprint density at radius 1 is 0.771 bits per heavy atom. The van der Waals surface area contributed by atoms with Crippen molar-refractivity contribution in [2.24, 2.45) is 23.2 Å². The van der Waals surface area contributed by atoms with Crippen molar-refractivity contribution >= 4 is 3.21 Å². The van der Waals surface area contributed by atoms with Gasteiger partial charge in [-0.05, 0) is 0 Å². The molecular formula is C32H36Cl2Zr. The molecule has 6 aliphatic carbocycles. The minimum Gasteiger partial charge on any atom is -1.00 e. The topological polar surface area (TPSA) is 0 Å². The fourth-order valence-electron chi connectivity index (χ4n) is 9.33. The van der Waals surface area contributed by atoms with Crippen LogP contribution in [-0.2, 0) is 21.3 Å². The molecule has 182 valence electrons. The molecule has 0 radical (unpaired) electrons. The average Bonchev–Trinajstić information content (AvgIpc) is 3.32. The first kappa shape index (κ1) is 25.9. The van der Waals surface area contributed by atoms with Crippen LogP contribution in [0.3, 0.4) is 0 Å². The van der Waals surface area contributed by atoms with Crippen LogP contribution in [0.1, 0.15) is 80.5 Å². The van der Waals surface area contributed by atoms with E-state index in [2.05, 4.69) is 75.4 Å². The molecule has 0 spiro atoms. The van der Waals surface area contributed by atoms with Crippen molar-refractivity contribution in [1.29, 1.82) is 0 Å². The summed E-state index contributed by atoms with van der Waals surface area (Å²) in [4.78, 5) is 0. The van der Waals surface area contributed by atoms with Crippen LogP contribution in [0, 0.1) is 23.2 Å². The Kier molecular flexibility index (Phi) is 7.05. The van der Waals surface area contributed by atoms with E-state index in [1.807, 2.05) is 8.85 Å². The van der Waals surface area contributed by atoms with Gasteiger partial charge in [-0.3, -0.25) is 0 Å². The normalized spacial score (nSPS) is 29.5. The fraction of sp³-hybridized carbons (Fsp3) is 0.469. The van der Waals surface area contributed by atoms with E-state index in [4.69, 9.17) is 0 Å². The first-order valence-electron chi connectivity index (χ1n) is 13.3. The number of hydrogen-bond acceptors (Lipinski definition) is 0. The smallest absolute Gasteiger partial charge is 1.00 e. The van der Waals surface area contributed by atoms with Crippen molar-refractivity contribution < 1.29 is 46.1 Å². The molecule has 0 atom stereocenters. The molecule has 0 saturated heterocycles. The summed E-state index contributed by atoms with van der Waals surface area (Å²) in [6.45, 7) is 7.47. The van der Waals surface area contributed by atoms with Crippen molar-refractivity contribution in [3.05, 3.63) is 80.2 Å². The predicted molar refractivity (Wildman–Crippen MR) is 136 cm³/mol. The zero-order chi connectivity index (χ0) is 22.3. The zero-order valence-corrected chi connectivity index (χ0v) is 25.2. The third kappa shape index (κ3) is 3.90. The molecule has 0 nitrogen and oxygen atoms in total. The van der Waals surface area contributed by atoms with Crippen LogP contribution in [0.15, 0.2) is 69.0 Å². The van der Waals surface area contributed by atoms with E-state index < -0.39 is 21.3 Å². The summed E-state index contributed by atoms with van der Waals surface area (Å²) < 4.78 is 4.42. The molecule has 2 aromatic rings. The first-order chi connectivity index (χ1) is 16.0. The van der Waals surface area contributed by atoms with Crippen molar-refractivity contribution in [2.75, 3.05) is 0 Å². The molecule has 0 aromatic heterocycles. The third-order valence-electron chi connectivity index (χ3n) is 9.86. The second-order valence-corrected chi connectivity index (χ2v) is 19.6. The largest absolute Gasteiger partial charge is 1.00 e. The van der Waals surface area contributed by atoms with Crippen LogP contribution in [0.5, 0.6) is 0 Å². The number of benzene rings is 2. The predicted octanol–water partition coefficient (Wildman–Crippen LogP) is 2.42. The van der Waals surface area contributed by atoms with Gasteiger partial charge in [0.05, 0.1) is 0 Å². The Morgan fingerprint density at radius 2 is 1.26 bits per heavy atom. The summed E-state index contributed by atoms with van der Waals surface area (Å²) in [7, 11) is 0. The summed E-state index contributed by atoms with van der Waals surface area (Å²) in [5.41, 5.74) is 10.4. The Bertz CT molecular complexity index is 1180. The van der Waals surface area contributed by atoms with Crippen LogP contribution in [0.4, 0.5) is 0 Å². The molecule has 0 N–H and O–H groups in total. The SMILES string of the molecule is CC1=CC[C]([Zr+2](=[C](C)C)[CH]2c3ccccc3-c3ccccc32)=C1C12CC3CC(CC(C3)C1)C2.[Cl-].[Cl-]. The maximum Gasteiger partial charge on any atom is -1.00 e. The molecule has 0 heterocycles. The van der Waals surface area contributed by atoms with Crippen LogP contribution >= 0.6 is 0 Å². The summed E-state index contributed by atoms with van der Waals surface area (Å²) >= 11 is -2.15. The molecule has 8 rings (SSSR count). The standard InChI is InChI=1S/C16H21.C13H9.C3H6.2ClH.Zr/c1-11-3-2-4-15(11)16-8-12-5-13(9-16)7-14(6-12)10-16;1-3-7-12-10(5-1)9-11-6-2-4-8-13(11)12;1-3-2;;;/h3,12-14H,2,5-10H2,1H3;1-9H;1-2H3;2*1H;/q;;;;;+2/p-2. The zero-order valence-electron chi connectivity index (χ0n) is 21.2. The fourth-order valence-corrected chi connectivity index (χ4v) is 18.4. The van der Waals surface area contributed by atoms with Gasteiger partial charge in [0.25, 0.3) is 0 Å². The van der Waals surface area contributed by atoms with Crippen LogP contribution in [-0.4, -0.2) is 3.21 Å². The maximum atomic E-state index is 2.64. The molecule has 0 unspecified atom stereocenters. The van der Waals surface area contributed by atoms with Gasteiger partial charge < -0.3 is 24.8 Å². The van der Waals surface area contributed by atoms with Gasteiger partial charge in [0.1, 0.15) is 0 Å². The van der Waals surface area contributed by atoms with E-state index in [1.165, 1.54) is 56.1 Å². The molecule has 2 aromatic carbocycles. The van der Waals surface area contributed by atoms with Gasteiger partial charge in [0.15, 0.2) is 0 Å². The van der Waals surface area contributed by atoms with Gasteiger partial charge in [0, 0.05) is 0 Å². The van der Waals surface area contributed by atoms with Gasteiger partial charge in [-0.15, -0.1) is 0 Å². The molecule has 0 aliphatic heterocycles.